The fraction of sp³-hybridized carbons (Fsp3) is 0.200. The van der Waals surface area contributed by atoms with Crippen LogP contribution in [0.3, 0.4) is 0 Å². The highest BCUT2D eigenvalue weighted by atomic mass is 32.2. The van der Waals surface area contributed by atoms with Gasteiger partial charge in [0.2, 0.25) is 0 Å². The van der Waals surface area contributed by atoms with Crippen LogP contribution >= 0.6 is 0 Å². The minimum Gasteiger partial charge on any atom is -0.497 e. The van der Waals surface area contributed by atoms with Gasteiger partial charge in [0, 0.05) is 0 Å². The Hall–Kier alpha value is -3.65. The second kappa shape index (κ2) is 10.3. The van der Waals surface area contributed by atoms with E-state index in [1.165, 1.54) is 12.1 Å². The Balaban J connectivity index is 1.88. The van der Waals surface area contributed by atoms with E-state index in [1.807, 2.05) is 32.0 Å². The van der Waals surface area contributed by atoms with Gasteiger partial charge in [0.1, 0.15) is 12.3 Å². The lowest BCUT2D eigenvalue weighted by Crippen LogP contribution is -2.40. The van der Waals surface area contributed by atoms with Gasteiger partial charge < -0.3 is 4.74 Å². The van der Waals surface area contributed by atoms with Crippen molar-refractivity contribution in [2.24, 2.45) is 5.10 Å². The van der Waals surface area contributed by atoms with Gasteiger partial charge in [-0.1, -0.05) is 30.3 Å². The third kappa shape index (κ3) is 5.59. The maximum Gasteiger partial charge on any atom is 0.264 e. The van der Waals surface area contributed by atoms with Crippen LogP contribution in [0.15, 0.2) is 82.8 Å². The Bertz CT molecular complexity index is 1250. The van der Waals surface area contributed by atoms with Crippen LogP contribution < -0.4 is 14.5 Å². The summed E-state index contributed by atoms with van der Waals surface area (Å²) >= 11 is 0. The van der Waals surface area contributed by atoms with Gasteiger partial charge in [0.25, 0.3) is 15.9 Å². The molecule has 7 nitrogen and oxygen atoms in total. The second-order valence-corrected chi connectivity index (χ2v) is 9.37. The molecule has 0 aliphatic rings. The van der Waals surface area contributed by atoms with Crippen molar-refractivity contribution in [2.75, 3.05) is 18.0 Å². The molecule has 0 fully saturated rings. The van der Waals surface area contributed by atoms with E-state index in [9.17, 15) is 13.2 Å². The Labute approximate surface area is 194 Å². The molecule has 0 heterocycles. The number of aryl methyl sites for hydroxylation is 1. The monoisotopic (exact) mass is 465 g/mol. The smallest absolute Gasteiger partial charge is 0.264 e. The van der Waals surface area contributed by atoms with Crippen molar-refractivity contribution in [3.63, 3.8) is 0 Å². The molecule has 0 saturated heterocycles. The molecule has 0 aliphatic carbocycles. The number of nitrogens with one attached hydrogen (secondary N) is 1. The summed E-state index contributed by atoms with van der Waals surface area (Å²) in [7, 11) is -2.39. The molecule has 0 spiro atoms. The summed E-state index contributed by atoms with van der Waals surface area (Å²) in [6, 6.07) is 20.7. The number of anilines is 1. The first-order valence-electron chi connectivity index (χ1n) is 10.4. The van der Waals surface area contributed by atoms with Gasteiger partial charge in [-0.05, 0) is 79.9 Å². The highest BCUT2D eigenvalue weighted by Crippen LogP contribution is 2.28. The van der Waals surface area contributed by atoms with E-state index in [0.29, 0.717) is 17.1 Å². The number of carbonyl (C=O) groups excluding carboxylic acids is 1. The standard InChI is InChI=1S/C25H27N3O4S/c1-18-9-8-12-24(19(18)2)28(33(30,31)23-10-6-5-7-11-23)17-25(29)27-26-20(3)21-13-15-22(32-4)16-14-21/h5-16H,17H2,1-4H3,(H,27,29)/b26-20-. The van der Waals surface area contributed by atoms with E-state index >= 15 is 0 Å². The maximum atomic E-state index is 13.5. The molecule has 1 amide bonds. The predicted molar refractivity (Wildman–Crippen MR) is 130 cm³/mol. The average molecular weight is 466 g/mol. The number of hydrazone groups is 1. The van der Waals surface area contributed by atoms with Crippen LogP contribution in [0.2, 0.25) is 0 Å². The molecule has 8 heteroatoms. The highest BCUT2D eigenvalue weighted by Gasteiger charge is 2.28. The number of ether oxygens (including phenoxy) is 1. The molecule has 33 heavy (non-hydrogen) atoms. The number of benzene rings is 3. The molecule has 0 bridgehead atoms. The van der Waals surface area contributed by atoms with Gasteiger partial charge in [0.05, 0.1) is 23.4 Å². The van der Waals surface area contributed by atoms with E-state index in [2.05, 4.69) is 10.5 Å². The number of amides is 1. The minimum absolute atomic E-state index is 0.108. The minimum atomic E-state index is -3.98. The summed E-state index contributed by atoms with van der Waals surface area (Å²) in [6.45, 7) is 5.07. The van der Waals surface area contributed by atoms with Crippen molar-refractivity contribution >= 4 is 27.3 Å². The van der Waals surface area contributed by atoms with Crippen LogP contribution in [0.25, 0.3) is 0 Å². The number of carbonyl (C=O) groups is 1. The van der Waals surface area contributed by atoms with Gasteiger partial charge in [-0.25, -0.2) is 13.8 Å². The molecule has 0 radical (unpaired) electrons. The molecule has 0 atom stereocenters. The van der Waals surface area contributed by atoms with Crippen LogP contribution in [0, 0.1) is 13.8 Å². The zero-order valence-electron chi connectivity index (χ0n) is 19.1. The summed E-state index contributed by atoms with van der Waals surface area (Å²) in [5, 5.41) is 4.15. The topological polar surface area (TPSA) is 88.1 Å². The highest BCUT2D eigenvalue weighted by molar-refractivity contribution is 7.92. The third-order valence-corrected chi connectivity index (χ3v) is 7.09. The van der Waals surface area contributed by atoms with Gasteiger partial charge in [-0.3, -0.25) is 9.10 Å². The van der Waals surface area contributed by atoms with Crippen LogP contribution in [0.1, 0.15) is 23.6 Å². The summed E-state index contributed by atoms with van der Waals surface area (Å²) in [4.78, 5) is 12.9. The summed E-state index contributed by atoms with van der Waals surface area (Å²) in [6.07, 6.45) is 0. The van der Waals surface area contributed by atoms with Crippen molar-refractivity contribution in [3.8, 4) is 5.75 Å². The molecule has 3 aromatic carbocycles. The first-order valence-corrected chi connectivity index (χ1v) is 11.8. The first-order chi connectivity index (χ1) is 15.7. The van der Waals surface area contributed by atoms with E-state index in [0.717, 1.165) is 21.0 Å². The quantitative estimate of drug-likeness (QED) is 0.402. The number of rotatable bonds is 8. The van der Waals surface area contributed by atoms with Gasteiger partial charge >= 0.3 is 0 Å². The molecule has 0 aromatic heterocycles. The molecule has 1 N–H and O–H groups in total. The number of nitrogens with zero attached hydrogens (tertiary/aromatic N) is 2. The number of methoxy groups -OCH3 is 1. The van der Waals surface area contributed by atoms with Crippen LogP contribution in [-0.4, -0.2) is 33.7 Å². The van der Waals surface area contributed by atoms with E-state index in [1.54, 1.807) is 56.5 Å². The lowest BCUT2D eigenvalue weighted by atomic mass is 10.1. The van der Waals surface area contributed by atoms with E-state index in [-0.39, 0.29) is 4.90 Å². The van der Waals surface area contributed by atoms with Gasteiger partial charge in [-0.2, -0.15) is 5.10 Å². The van der Waals surface area contributed by atoms with Crippen molar-refractivity contribution in [2.45, 2.75) is 25.7 Å². The summed E-state index contributed by atoms with van der Waals surface area (Å²) in [5.74, 6) is 0.161. The van der Waals surface area contributed by atoms with Crippen LogP contribution in [-0.2, 0) is 14.8 Å². The second-order valence-electron chi connectivity index (χ2n) is 7.50. The van der Waals surface area contributed by atoms with Crippen molar-refractivity contribution in [1.29, 1.82) is 0 Å². The van der Waals surface area contributed by atoms with Crippen molar-refractivity contribution in [1.82, 2.24) is 5.43 Å². The van der Waals surface area contributed by atoms with Gasteiger partial charge in [0.15, 0.2) is 0 Å². The maximum absolute atomic E-state index is 13.5. The Morgan fingerprint density at radius 2 is 1.64 bits per heavy atom. The summed E-state index contributed by atoms with van der Waals surface area (Å²) < 4.78 is 33.2. The molecule has 0 aliphatic heterocycles. The first kappa shape index (κ1) is 24.0. The molecule has 0 saturated carbocycles. The molecule has 3 rings (SSSR count). The zero-order valence-corrected chi connectivity index (χ0v) is 19.9. The molecular formula is C25H27N3O4S. The molecule has 0 unspecified atom stereocenters. The van der Waals surface area contributed by atoms with Gasteiger partial charge in [-0.15, -0.1) is 0 Å². The van der Waals surface area contributed by atoms with E-state index in [4.69, 9.17) is 4.74 Å². The Morgan fingerprint density at radius 1 is 0.970 bits per heavy atom. The third-order valence-electron chi connectivity index (χ3n) is 5.32. The average Bonchev–Trinajstić information content (AvgIpc) is 2.83. The van der Waals surface area contributed by atoms with Crippen LogP contribution in [0.5, 0.6) is 5.75 Å². The SMILES string of the molecule is COc1ccc(/C(C)=N\NC(=O)CN(c2cccc(C)c2C)S(=O)(=O)c2ccccc2)cc1. The Morgan fingerprint density at radius 3 is 2.27 bits per heavy atom. The molecular weight excluding hydrogens is 438 g/mol. The normalized spacial score (nSPS) is 11.7. The van der Waals surface area contributed by atoms with Crippen molar-refractivity contribution < 1.29 is 17.9 Å². The van der Waals surface area contributed by atoms with Crippen LogP contribution in [0.4, 0.5) is 5.69 Å². The Kier molecular flexibility index (Phi) is 7.50. The largest absolute Gasteiger partial charge is 0.497 e. The molecule has 3 aromatic rings. The lowest BCUT2D eigenvalue weighted by Gasteiger charge is -2.26. The fourth-order valence-corrected chi connectivity index (χ4v) is 4.73. The van der Waals surface area contributed by atoms with E-state index < -0.39 is 22.5 Å². The van der Waals surface area contributed by atoms with Crippen molar-refractivity contribution in [3.05, 3.63) is 89.5 Å². The number of sulfonamides is 1. The number of hydrogen-bond donors (Lipinski definition) is 1. The zero-order chi connectivity index (χ0) is 24.0. The fourth-order valence-electron chi connectivity index (χ4n) is 3.23. The lowest BCUT2D eigenvalue weighted by molar-refractivity contribution is -0.119. The molecule has 172 valence electrons. The predicted octanol–water partition coefficient (Wildman–Crippen LogP) is 4.05. The number of hydrogen-bond acceptors (Lipinski definition) is 5. The summed E-state index contributed by atoms with van der Waals surface area (Å²) in [5.41, 5.74) is 6.02.